The van der Waals surface area contributed by atoms with Crippen molar-refractivity contribution in [3.05, 3.63) is 54.1 Å². The minimum atomic E-state index is -0.719. The molecule has 128 valence electrons. The first kappa shape index (κ1) is 16.6. The number of hydrogen-bond acceptors (Lipinski definition) is 4. The van der Waals surface area contributed by atoms with E-state index in [0.29, 0.717) is 11.5 Å². The fourth-order valence-corrected chi connectivity index (χ4v) is 2.67. The van der Waals surface area contributed by atoms with Crippen molar-refractivity contribution < 1.29 is 19.1 Å². The molecule has 7 heteroatoms. The molecule has 1 aromatic rings. The van der Waals surface area contributed by atoms with Gasteiger partial charge in [0.15, 0.2) is 0 Å². The first-order valence-corrected chi connectivity index (χ1v) is 7.77. The number of carbonyl (C=O) groups is 3. The Morgan fingerprint density at radius 1 is 1.28 bits per heavy atom. The molecule has 25 heavy (non-hydrogen) atoms. The number of imide groups is 1. The molecule has 0 spiro atoms. The zero-order chi connectivity index (χ0) is 17.8. The third-order valence-corrected chi connectivity index (χ3v) is 3.96. The van der Waals surface area contributed by atoms with Crippen LogP contribution >= 0.6 is 0 Å². The van der Waals surface area contributed by atoms with Crippen molar-refractivity contribution in [2.24, 2.45) is 10.9 Å². The van der Waals surface area contributed by atoms with E-state index in [0.717, 1.165) is 10.5 Å². The highest BCUT2D eigenvalue weighted by molar-refractivity contribution is 6.22. The minimum Gasteiger partial charge on any atom is -0.496 e. The van der Waals surface area contributed by atoms with E-state index in [1.54, 1.807) is 37.5 Å². The van der Waals surface area contributed by atoms with Gasteiger partial charge >= 0.3 is 6.03 Å². The van der Waals surface area contributed by atoms with Crippen LogP contribution in [0.4, 0.5) is 4.79 Å². The number of para-hydroxylation sites is 1. The van der Waals surface area contributed by atoms with Crippen LogP contribution in [0.25, 0.3) is 0 Å². The summed E-state index contributed by atoms with van der Waals surface area (Å²) < 4.78 is 5.22. The third kappa shape index (κ3) is 3.50. The first-order chi connectivity index (χ1) is 12.1. The maximum Gasteiger partial charge on any atom is 0.351 e. The maximum absolute atomic E-state index is 12.4. The van der Waals surface area contributed by atoms with Crippen LogP contribution < -0.4 is 10.1 Å². The topological polar surface area (TPSA) is 88.1 Å². The lowest BCUT2D eigenvalue weighted by molar-refractivity contribution is -0.134. The van der Waals surface area contributed by atoms with E-state index < -0.39 is 23.8 Å². The number of nitrogens with zero attached hydrogens (tertiary/aromatic N) is 2. The number of nitrogens with one attached hydrogen (secondary N) is 1. The Bertz CT molecular complexity index is 810. The van der Waals surface area contributed by atoms with Crippen molar-refractivity contribution in [3.8, 4) is 5.75 Å². The lowest BCUT2D eigenvalue weighted by Crippen LogP contribution is -2.49. The highest BCUT2D eigenvalue weighted by atomic mass is 16.5. The Balaban J connectivity index is 1.64. The van der Waals surface area contributed by atoms with Crippen LogP contribution in [0, 0.1) is 5.92 Å². The number of carbonyl (C=O) groups excluding carboxylic acids is 3. The average molecular weight is 339 g/mol. The normalized spacial score (nSPS) is 18.7. The van der Waals surface area contributed by atoms with Crippen LogP contribution in [0.1, 0.15) is 5.56 Å². The number of amides is 4. The Morgan fingerprint density at radius 3 is 2.88 bits per heavy atom. The molecular weight excluding hydrogens is 322 g/mol. The van der Waals surface area contributed by atoms with Gasteiger partial charge in [0.05, 0.1) is 18.7 Å². The van der Waals surface area contributed by atoms with Gasteiger partial charge in [-0.2, -0.15) is 4.99 Å². The van der Waals surface area contributed by atoms with Crippen LogP contribution in [0.15, 0.2) is 53.6 Å². The SMILES string of the molecule is COc1ccccc1CNC(=O)CN1C(=O)N=C2C=CC=CC2C1=O. The summed E-state index contributed by atoms with van der Waals surface area (Å²) in [4.78, 5) is 41.4. The van der Waals surface area contributed by atoms with E-state index in [2.05, 4.69) is 10.3 Å². The summed E-state index contributed by atoms with van der Waals surface area (Å²) in [6.45, 7) is -0.128. The van der Waals surface area contributed by atoms with Gasteiger partial charge in [0, 0.05) is 12.1 Å². The van der Waals surface area contributed by atoms with Gasteiger partial charge in [0.25, 0.3) is 0 Å². The Hall–Kier alpha value is -3.22. The number of aliphatic imine (C=N–C) groups is 1. The number of benzene rings is 1. The van der Waals surface area contributed by atoms with Crippen LogP contribution in [-0.4, -0.2) is 42.1 Å². The van der Waals surface area contributed by atoms with Crippen LogP contribution in [-0.2, 0) is 16.1 Å². The largest absolute Gasteiger partial charge is 0.496 e. The van der Waals surface area contributed by atoms with Gasteiger partial charge in [-0.05, 0) is 12.1 Å². The highest BCUT2D eigenvalue weighted by Gasteiger charge is 2.36. The van der Waals surface area contributed by atoms with Gasteiger partial charge in [-0.25, -0.2) is 4.79 Å². The zero-order valence-corrected chi connectivity index (χ0v) is 13.6. The summed E-state index contributed by atoms with van der Waals surface area (Å²) in [5.74, 6) is -0.837. The van der Waals surface area contributed by atoms with Crippen molar-refractivity contribution in [2.75, 3.05) is 13.7 Å². The summed E-state index contributed by atoms with van der Waals surface area (Å²) in [6, 6.07) is 6.56. The quantitative estimate of drug-likeness (QED) is 0.879. The molecule has 1 aliphatic carbocycles. The molecule has 1 atom stereocenters. The molecule has 0 bridgehead atoms. The molecule has 0 aromatic heterocycles. The standard InChI is InChI=1S/C18H17N3O4/c1-25-15-9-5-2-6-12(15)10-19-16(22)11-21-17(23)13-7-3-4-8-14(13)20-18(21)24/h2-9,13H,10-11H2,1H3,(H,19,22). The highest BCUT2D eigenvalue weighted by Crippen LogP contribution is 2.19. The summed E-state index contributed by atoms with van der Waals surface area (Å²) in [5.41, 5.74) is 1.21. The Labute approximate surface area is 144 Å². The Kier molecular flexibility index (Phi) is 4.74. The summed E-state index contributed by atoms with van der Waals surface area (Å²) in [5, 5.41) is 2.69. The zero-order valence-electron chi connectivity index (χ0n) is 13.6. The molecule has 1 aromatic carbocycles. The first-order valence-electron chi connectivity index (χ1n) is 7.77. The molecule has 3 rings (SSSR count). The smallest absolute Gasteiger partial charge is 0.351 e. The van der Waals surface area contributed by atoms with Crippen LogP contribution in [0.2, 0.25) is 0 Å². The number of allylic oxidation sites excluding steroid dienone is 3. The van der Waals surface area contributed by atoms with Crippen molar-refractivity contribution in [2.45, 2.75) is 6.54 Å². The molecule has 2 aliphatic rings. The second-order valence-electron chi connectivity index (χ2n) is 5.55. The van der Waals surface area contributed by atoms with E-state index >= 15 is 0 Å². The van der Waals surface area contributed by atoms with Gasteiger partial charge in [-0.3, -0.25) is 14.5 Å². The van der Waals surface area contributed by atoms with Crippen molar-refractivity contribution in [3.63, 3.8) is 0 Å². The molecular formula is C18H17N3O4. The molecule has 1 heterocycles. The second-order valence-corrected chi connectivity index (χ2v) is 5.55. The lowest BCUT2D eigenvalue weighted by atomic mass is 9.95. The maximum atomic E-state index is 12.4. The molecule has 1 aliphatic heterocycles. The molecule has 4 amide bonds. The van der Waals surface area contributed by atoms with Gasteiger partial charge in [-0.15, -0.1) is 0 Å². The third-order valence-electron chi connectivity index (χ3n) is 3.96. The minimum absolute atomic E-state index is 0.236. The number of urea groups is 1. The van der Waals surface area contributed by atoms with E-state index in [1.807, 2.05) is 18.2 Å². The van der Waals surface area contributed by atoms with E-state index in [9.17, 15) is 14.4 Å². The van der Waals surface area contributed by atoms with E-state index in [-0.39, 0.29) is 13.1 Å². The van der Waals surface area contributed by atoms with Crippen LogP contribution in [0.3, 0.4) is 0 Å². The predicted octanol–water partition coefficient (Wildman–Crippen LogP) is 1.46. The fraction of sp³-hybridized carbons (Fsp3) is 0.222. The second kappa shape index (κ2) is 7.12. The summed E-state index contributed by atoms with van der Waals surface area (Å²) in [7, 11) is 1.55. The number of ether oxygens (including phenoxy) is 1. The number of hydrogen-bond donors (Lipinski definition) is 1. The fourth-order valence-electron chi connectivity index (χ4n) is 2.67. The van der Waals surface area contributed by atoms with Gasteiger partial charge in [-0.1, -0.05) is 36.4 Å². The lowest BCUT2D eigenvalue weighted by Gasteiger charge is -2.27. The van der Waals surface area contributed by atoms with Crippen molar-refractivity contribution >= 4 is 23.6 Å². The van der Waals surface area contributed by atoms with Crippen molar-refractivity contribution in [1.29, 1.82) is 0 Å². The monoisotopic (exact) mass is 339 g/mol. The van der Waals surface area contributed by atoms with Gasteiger partial charge < -0.3 is 10.1 Å². The van der Waals surface area contributed by atoms with Gasteiger partial charge in [0.2, 0.25) is 11.8 Å². The summed E-state index contributed by atoms with van der Waals surface area (Å²) >= 11 is 0. The molecule has 1 N–H and O–H groups in total. The van der Waals surface area contributed by atoms with E-state index in [4.69, 9.17) is 4.74 Å². The van der Waals surface area contributed by atoms with Gasteiger partial charge in [0.1, 0.15) is 12.3 Å². The molecule has 0 fully saturated rings. The number of rotatable bonds is 5. The predicted molar refractivity (Wildman–Crippen MR) is 91.2 cm³/mol. The van der Waals surface area contributed by atoms with Crippen molar-refractivity contribution in [1.82, 2.24) is 10.2 Å². The van der Waals surface area contributed by atoms with Crippen LogP contribution in [0.5, 0.6) is 5.75 Å². The summed E-state index contributed by atoms with van der Waals surface area (Å²) in [6.07, 6.45) is 6.72. The average Bonchev–Trinajstić information content (AvgIpc) is 2.63. The Morgan fingerprint density at radius 2 is 2.08 bits per heavy atom. The molecule has 1 unspecified atom stereocenters. The number of fused-ring (bicyclic) bond motifs is 1. The molecule has 0 saturated heterocycles. The number of methoxy groups -OCH3 is 1. The molecule has 0 saturated carbocycles. The molecule has 0 radical (unpaired) electrons. The van der Waals surface area contributed by atoms with E-state index in [1.165, 1.54) is 0 Å². The molecule has 7 nitrogen and oxygen atoms in total.